The van der Waals surface area contributed by atoms with Crippen LogP contribution in [0.1, 0.15) is 0 Å². The van der Waals surface area contributed by atoms with Crippen molar-refractivity contribution < 1.29 is 9.13 Å². The van der Waals surface area contributed by atoms with Gasteiger partial charge in [0.05, 0.1) is 22.4 Å². The largest absolute Gasteiger partial charge is 0.309 e. The van der Waals surface area contributed by atoms with Gasteiger partial charge in [0.15, 0.2) is 14.3 Å². The van der Waals surface area contributed by atoms with E-state index in [-0.39, 0.29) is 0 Å². The highest BCUT2D eigenvalue weighted by Gasteiger charge is 2.33. The van der Waals surface area contributed by atoms with Crippen molar-refractivity contribution in [3.05, 3.63) is 207 Å². The summed E-state index contributed by atoms with van der Waals surface area (Å²) in [5.41, 5.74) is 4.85. The molecule has 2 atom stereocenters. The van der Waals surface area contributed by atoms with Crippen molar-refractivity contribution in [2.45, 2.75) is 0 Å². The zero-order chi connectivity index (χ0) is 39.8. The summed E-state index contributed by atoms with van der Waals surface area (Å²) in [5, 5.41) is 5.90. The van der Waals surface area contributed by atoms with E-state index in [0.29, 0.717) is 37.8 Å². The Morgan fingerprint density at radius 1 is 0.373 bits per heavy atom. The Hall–Kier alpha value is -7.11. The lowest BCUT2D eigenvalue weighted by Gasteiger charge is -2.21. The van der Waals surface area contributed by atoms with Gasteiger partial charge in [-0.05, 0) is 48.5 Å². The van der Waals surface area contributed by atoms with Crippen molar-refractivity contribution in [2.24, 2.45) is 0 Å². The fourth-order valence-corrected chi connectivity index (χ4v) is 13.3. The van der Waals surface area contributed by atoms with Crippen LogP contribution in [0.3, 0.4) is 0 Å². The van der Waals surface area contributed by atoms with Crippen molar-refractivity contribution in [2.75, 3.05) is 0 Å². The Morgan fingerprint density at radius 3 is 1.24 bits per heavy atom. The number of benzene rings is 6. The number of nitrogens with zero attached hydrogens (tertiary/aromatic N) is 6. The molecule has 0 amide bonds. The van der Waals surface area contributed by atoms with Gasteiger partial charge in [0, 0.05) is 66.1 Å². The van der Waals surface area contributed by atoms with Gasteiger partial charge in [-0.2, -0.15) is 0 Å². The Kier molecular flexibility index (Phi) is 9.22. The zero-order valence-electron chi connectivity index (χ0n) is 31.5. The number of rotatable bonds is 9. The molecule has 2 unspecified atom stereocenters. The molecular formula is C49H34N6O2P2. The van der Waals surface area contributed by atoms with E-state index in [1.54, 1.807) is 12.4 Å². The number of aromatic nitrogens is 6. The molecule has 0 saturated carbocycles. The topological polar surface area (TPSA) is 104 Å². The lowest BCUT2D eigenvalue weighted by atomic mass is 10.1. The third-order valence-corrected chi connectivity index (χ3v) is 16.8. The van der Waals surface area contributed by atoms with Crippen molar-refractivity contribution in [3.63, 3.8) is 0 Å². The second kappa shape index (κ2) is 15.0. The molecule has 0 N–H and O–H groups in total. The monoisotopic (exact) mass is 800 g/mol. The summed E-state index contributed by atoms with van der Waals surface area (Å²) in [6.07, 6.45) is 6.44. The Labute approximate surface area is 340 Å². The lowest BCUT2D eigenvalue weighted by Crippen LogP contribution is -2.25. The van der Waals surface area contributed by atoms with Gasteiger partial charge >= 0.3 is 0 Å². The molecule has 6 aromatic carbocycles. The summed E-state index contributed by atoms with van der Waals surface area (Å²) in [7, 11) is -6.95. The summed E-state index contributed by atoms with van der Waals surface area (Å²) >= 11 is 0. The molecule has 0 radical (unpaired) electrons. The van der Waals surface area contributed by atoms with Gasteiger partial charge in [-0.25, -0.2) is 15.0 Å². The van der Waals surface area contributed by atoms with Crippen LogP contribution in [0.15, 0.2) is 207 Å². The van der Waals surface area contributed by atoms with Crippen LogP contribution in [0.25, 0.3) is 50.3 Å². The molecule has 0 spiro atoms. The van der Waals surface area contributed by atoms with E-state index in [1.165, 1.54) is 12.7 Å². The highest BCUT2D eigenvalue weighted by atomic mass is 31.2. The minimum absolute atomic E-state index is 0.382. The van der Waals surface area contributed by atoms with E-state index in [2.05, 4.69) is 24.9 Å². The maximum Gasteiger partial charge on any atom is 0.237 e. The molecule has 4 aromatic heterocycles. The molecular weight excluding hydrogens is 767 g/mol. The Morgan fingerprint density at radius 2 is 0.797 bits per heavy atom. The smallest absolute Gasteiger partial charge is 0.237 e. The van der Waals surface area contributed by atoms with E-state index >= 15 is 9.13 Å². The Bertz CT molecular complexity index is 3020. The molecule has 10 heteroatoms. The maximum atomic E-state index is 16.0. The highest BCUT2D eigenvalue weighted by molar-refractivity contribution is 7.85. The van der Waals surface area contributed by atoms with Crippen LogP contribution in [-0.4, -0.2) is 29.5 Å². The van der Waals surface area contributed by atoms with Crippen LogP contribution in [0.2, 0.25) is 0 Å². The molecule has 8 nitrogen and oxygen atoms in total. The first kappa shape index (κ1) is 36.2. The number of pyridine rings is 2. The summed E-state index contributed by atoms with van der Waals surface area (Å²) < 4.78 is 34.0. The van der Waals surface area contributed by atoms with Gasteiger partial charge in [-0.1, -0.05) is 133 Å². The maximum absolute atomic E-state index is 16.0. The van der Waals surface area contributed by atoms with Crippen molar-refractivity contribution in [1.82, 2.24) is 29.5 Å². The van der Waals surface area contributed by atoms with Crippen molar-refractivity contribution in [1.29, 1.82) is 0 Å². The first-order chi connectivity index (χ1) is 29.0. The molecule has 0 bridgehead atoms. The molecule has 0 aliphatic rings. The van der Waals surface area contributed by atoms with Crippen LogP contribution in [0, 0.1) is 0 Å². The second-order valence-electron chi connectivity index (χ2n) is 14.1. The van der Waals surface area contributed by atoms with Crippen LogP contribution in [0.4, 0.5) is 0 Å². The van der Waals surface area contributed by atoms with Gasteiger partial charge in [0.2, 0.25) is 5.95 Å². The minimum atomic E-state index is -3.47. The van der Waals surface area contributed by atoms with Crippen LogP contribution < -0.4 is 31.8 Å². The lowest BCUT2D eigenvalue weighted by molar-refractivity contribution is 0.591. The molecule has 59 heavy (non-hydrogen) atoms. The first-order valence-electron chi connectivity index (χ1n) is 19.1. The fraction of sp³-hybridized carbons (Fsp3) is 0. The molecule has 0 saturated heterocycles. The molecule has 282 valence electrons. The molecule has 0 fully saturated rings. The molecule has 0 aliphatic carbocycles. The first-order valence-corrected chi connectivity index (χ1v) is 22.5. The minimum Gasteiger partial charge on any atom is -0.309 e. The van der Waals surface area contributed by atoms with Crippen molar-refractivity contribution in [3.8, 4) is 28.5 Å². The SMILES string of the molecule is O=P(c1ccccc1)(c1cccc(-c2ccccn2)c1)c1ccc2c3ccc(P(=O)(c4ccccc4)c4cccc(-c5ccccn5)c4)cc3n(-c3ncncn3)c2c1. The normalized spacial score (nSPS) is 13.5. The van der Waals surface area contributed by atoms with Crippen LogP contribution in [0.5, 0.6) is 0 Å². The summed E-state index contributed by atoms with van der Waals surface area (Å²) in [4.78, 5) is 22.5. The van der Waals surface area contributed by atoms with E-state index < -0.39 is 14.3 Å². The molecule has 4 heterocycles. The van der Waals surface area contributed by atoms with Gasteiger partial charge in [0.25, 0.3) is 0 Å². The average Bonchev–Trinajstić information content (AvgIpc) is 3.65. The third kappa shape index (κ3) is 6.31. The van der Waals surface area contributed by atoms with Gasteiger partial charge in [-0.15, -0.1) is 0 Å². The average molecular weight is 801 g/mol. The van der Waals surface area contributed by atoms with Crippen LogP contribution in [-0.2, 0) is 9.13 Å². The van der Waals surface area contributed by atoms with E-state index in [9.17, 15) is 0 Å². The second-order valence-corrected chi connectivity index (χ2v) is 19.6. The van der Waals surface area contributed by atoms with E-state index in [4.69, 9.17) is 0 Å². The fourth-order valence-electron chi connectivity index (χ4n) is 7.91. The molecule has 0 aliphatic heterocycles. The quantitative estimate of drug-likeness (QED) is 0.135. The Balaban J connectivity index is 1.21. The predicted molar refractivity (Wildman–Crippen MR) is 239 cm³/mol. The standard InChI is InChI=1S/C49H34N6O2P2/c56-58(37-15-3-1-4-16-37,39-19-11-13-35(29-39)45-21-7-9-27-51-45)41-23-25-43-44-26-24-42(32-48(44)55(47(43)31-41)49-53-33-50-34-54-49)59(57,38-17-5-2-6-18-38)40-20-12-14-36(30-40)46-22-8-10-28-52-46/h1-34H. The number of hydrogen-bond donors (Lipinski definition) is 0. The highest BCUT2D eigenvalue weighted by Crippen LogP contribution is 2.46. The summed E-state index contributed by atoms with van der Waals surface area (Å²) in [5.74, 6) is 0.382. The number of fused-ring (bicyclic) bond motifs is 3. The van der Waals surface area contributed by atoms with Gasteiger partial charge < -0.3 is 9.13 Å². The van der Waals surface area contributed by atoms with E-state index in [0.717, 1.165) is 44.3 Å². The molecule has 10 aromatic rings. The van der Waals surface area contributed by atoms with E-state index in [1.807, 2.05) is 187 Å². The predicted octanol–water partition coefficient (Wildman–Crippen LogP) is 8.37. The third-order valence-electron chi connectivity index (χ3n) is 10.7. The zero-order valence-corrected chi connectivity index (χ0v) is 33.3. The summed E-state index contributed by atoms with van der Waals surface area (Å²) in [6.45, 7) is 0. The van der Waals surface area contributed by atoms with Gasteiger partial charge in [0.1, 0.15) is 12.7 Å². The number of hydrogen-bond acceptors (Lipinski definition) is 7. The molecule has 10 rings (SSSR count). The van der Waals surface area contributed by atoms with Gasteiger partial charge in [-0.3, -0.25) is 14.5 Å². The summed E-state index contributed by atoms with van der Waals surface area (Å²) in [6, 6.07) is 58.5. The van der Waals surface area contributed by atoms with Crippen LogP contribution >= 0.6 is 14.3 Å². The van der Waals surface area contributed by atoms with Crippen molar-refractivity contribution >= 4 is 67.9 Å².